The lowest BCUT2D eigenvalue weighted by atomic mass is 9.68. The molecule has 0 spiro atoms. The molecule has 1 fully saturated rings. The zero-order valence-corrected chi connectivity index (χ0v) is 24.6. The molecular formula is C35H36N4O4. The highest BCUT2D eigenvalue weighted by molar-refractivity contribution is 5.82. The van der Waals surface area contributed by atoms with Gasteiger partial charge in [-0.1, -0.05) is 67.6 Å². The summed E-state index contributed by atoms with van der Waals surface area (Å²) in [6.45, 7) is 3.59. The van der Waals surface area contributed by atoms with Crippen LogP contribution < -0.4 is 16.0 Å². The maximum absolute atomic E-state index is 13.1. The van der Waals surface area contributed by atoms with Crippen LogP contribution in [0.2, 0.25) is 0 Å². The maximum Gasteiger partial charge on any atom is 0.331 e. The summed E-state index contributed by atoms with van der Waals surface area (Å²) >= 11 is 0. The Morgan fingerprint density at radius 1 is 0.884 bits per heavy atom. The predicted molar refractivity (Wildman–Crippen MR) is 168 cm³/mol. The number of hydrogen-bond acceptors (Lipinski definition) is 4. The van der Waals surface area contributed by atoms with Crippen LogP contribution >= 0.6 is 0 Å². The number of nitrogens with zero attached hydrogens (tertiary/aromatic N) is 3. The number of aryl methyl sites for hydroxylation is 1. The number of likely N-dealkylation sites (tertiary alicyclic amines) is 1. The van der Waals surface area contributed by atoms with Crippen molar-refractivity contribution in [3.05, 3.63) is 123 Å². The Hall–Kier alpha value is -4.85. The number of H-pyrrole nitrogens is 1. The Morgan fingerprint density at radius 2 is 1.49 bits per heavy atom. The Bertz CT molecular complexity index is 1800. The number of rotatable bonds is 8. The second-order valence-electron chi connectivity index (χ2n) is 11.2. The van der Waals surface area contributed by atoms with Crippen molar-refractivity contribution >= 4 is 16.9 Å². The Kier molecular flexibility index (Phi) is 7.76. The minimum Gasteiger partial charge on any atom is -0.484 e. The molecule has 8 heteroatoms. The van der Waals surface area contributed by atoms with E-state index < -0.39 is 0 Å². The molecule has 5 aromatic rings. The minimum absolute atomic E-state index is 0.0290. The minimum atomic E-state index is -0.321. The molecule has 2 aromatic heterocycles. The van der Waals surface area contributed by atoms with Gasteiger partial charge in [0.25, 0.3) is 11.5 Å². The van der Waals surface area contributed by atoms with Crippen LogP contribution in [0.4, 0.5) is 0 Å². The summed E-state index contributed by atoms with van der Waals surface area (Å²) in [6, 6.07) is 30.4. The second kappa shape index (κ2) is 11.8. The number of hydrogen-bond donors (Lipinski definition) is 1. The fourth-order valence-electron chi connectivity index (χ4n) is 6.32. The van der Waals surface area contributed by atoms with Crippen LogP contribution in [0.25, 0.3) is 22.3 Å². The van der Waals surface area contributed by atoms with Crippen LogP contribution in [0.5, 0.6) is 5.75 Å². The molecule has 3 aromatic carbocycles. The SMILES string of the molecule is CCCn1c(=O)c2[nH]c(-c3ccc(OCC(=O)N4CCC(c5ccccc5)(c5ccccc5)CC4)cc3)cc2n(C)c1=O. The molecular weight excluding hydrogens is 540 g/mol. The zero-order chi connectivity index (χ0) is 30.0. The molecule has 8 nitrogen and oxygen atoms in total. The van der Waals surface area contributed by atoms with Crippen molar-refractivity contribution in [1.82, 2.24) is 19.0 Å². The summed E-state index contributed by atoms with van der Waals surface area (Å²) in [6.07, 6.45) is 2.39. The van der Waals surface area contributed by atoms with Gasteiger partial charge in [-0.05, 0) is 66.3 Å². The highest BCUT2D eigenvalue weighted by Crippen LogP contribution is 2.41. The first-order valence-corrected chi connectivity index (χ1v) is 14.9. The number of ether oxygens (including phenoxy) is 1. The summed E-state index contributed by atoms with van der Waals surface area (Å²) in [5.74, 6) is 0.560. The van der Waals surface area contributed by atoms with Crippen molar-refractivity contribution in [2.24, 2.45) is 7.05 Å². The Labute approximate surface area is 250 Å². The molecule has 0 aliphatic carbocycles. The predicted octanol–water partition coefficient (Wildman–Crippen LogP) is 5.09. The van der Waals surface area contributed by atoms with Crippen molar-refractivity contribution in [3.8, 4) is 17.0 Å². The molecule has 43 heavy (non-hydrogen) atoms. The zero-order valence-electron chi connectivity index (χ0n) is 24.6. The number of piperidine rings is 1. The Balaban J connectivity index is 1.12. The van der Waals surface area contributed by atoms with Crippen LogP contribution in [0, 0.1) is 0 Å². The number of benzene rings is 3. The molecule has 0 atom stereocenters. The van der Waals surface area contributed by atoms with Gasteiger partial charge in [-0.25, -0.2) is 4.79 Å². The average molecular weight is 577 g/mol. The van der Waals surface area contributed by atoms with Gasteiger partial charge in [-0.2, -0.15) is 0 Å². The maximum atomic E-state index is 13.1. The van der Waals surface area contributed by atoms with E-state index in [4.69, 9.17) is 4.74 Å². The van der Waals surface area contributed by atoms with Crippen LogP contribution in [-0.2, 0) is 23.8 Å². The summed E-state index contributed by atoms with van der Waals surface area (Å²) in [5.41, 5.74) is 4.36. The van der Waals surface area contributed by atoms with Crippen LogP contribution in [0.15, 0.2) is 101 Å². The van der Waals surface area contributed by atoms with Gasteiger partial charge < -0.3 is 14.6 Å². The number of nitrogens with one attached hydrogen (secondary N) is 1. The number of aromatic amines is 1. The first-order chi connectivity index (χ1) is 20.9. The number of carbonyl (C=O) groups is 1. The number of fused-ring (bicyclic) bond motifs is 1. The third-order valence-corrected chi connectivity index (χ3v) is 8.73. The van der Waals surface area contributed by atoms with E-state index in [1.165, 1.54) is 20.3 Å². The molecule has 1 aliphatic heterocycles. The lowest BCUT2D eigenvalue weighted by Gasteiger charge is -2.43. The van der Waals surface area contributed by atoms with E-state index in [9.17, 15) is 14.4 Å². The van der Waals surface area contributed by atoms with Gasteiger partial charge in [0.05, 0.1) is 5.52 Å². The average Bonchev–Trinajstić information content (AvgIpc) is 3.52. The van der Waals surface area contributed by atoms with Gasteiger partial charge in [0, 0.05) is 37.8 Å². The van der Waals surface area contributed by atoms with E-state index in [1.807, 2.05) is 54.3 Å². The third kappa shape index (κ3) is 5.29. The summed E-state index contributed by atoms with van der Waals surface area (Å²) in [7, 11) is 1.67. The van der Waals surface area contributed by atoms with Gasteiger partial charge in [-0.3, -0.25) is 18.7 Å². The summed E-state index contributed by atoms with van der Waals surface area (Å²) in [5, 5.41) is 0. The molecule has 0 bridgehead atoms. The first-order valence-electron chi connectivity index (χ1n) is 14.9. The molecule has 3 heterocycles. The number of carbonyl (C=O) groups excluding carboxylic acids is 1. The van der Waals surface area contributed by atoms with Crippen LogP contribution in [0.1, 0.15) is 37.3 Å². The van der Waals surface area contributed by atoms with Gasteiger partial charge in [0.15, 0.2) is 6.61 Å². The summed E-state index contributed by atoms with van der Waals surface area (Å²) < 4.78 is 8.65. The highest BCUT2D eigenvalue weighted by atomic mass is 16.5. The van der Waals surface area contributed by atoms with E-state index in [1.54, 1.807) is 7.05 Å². The van der Waals surface area contributed by atoms with Gasteiger partial charge in [0.1, 0.15) is 11.3 Å². The van der Waals surface area contributed by atoms with E-state index in [-0.39, 0.29) is 29.2 Å². The summed E-state index contributed by atoms with van der Waals surface area (Å²) in [4.78, 5) is 43.8. The van der Waals surface area contributed by atoms with Gasteiger partial charge in [-0.15, -0.1) is 0 Å². The first kappa shape index (κ1) is 28.3. The van der Waals surface area contributed by atoms with Gasteiger partial charge in [0.2, 0.25) is 0 Å². The third-order valence-electron chi connectivity index (χ3n) is 8.73. The molecule has 1 aliphatic rings. The van der Waals surface area contributed by atoms with Crippen molar-refractivity contribution in [2.75, 3.05) is 19.7 Å². The largest absolute Gasteiger partial charge is 0.484 e. The smallest absolute Gasteiger partial charge is 0.331 e. The number of aromatic nitrogens is 3. The molecule has 0 saturated carbocycles. The molecule has 0 unspecified atom stereocenters. The standard InChI is InChI=1S/C35H36N4O4/c1-3-20-39-33(41)32-30(37(2)34(39)42)23-29(36-32)25-14-16-28(17-15-25)43-24-31(40)38-21-18-35(19-22-38,26-10-6-4-7-11-26)27-12-8-5-9-13-27/h4-17,23,36H,3,18-22,24H2,1-2H3. The topological polar surface area (TPSA) is 89.3 Å². The van der Waals surface area contributed by atoms with Crippen molar-refractivity contribution in [2.45, 2.75) is 38.1 Å². The van der Waals surface area contributed by atoms with Crippen molar-refractivity contribution < 1.29 is 9.53 Å². The van der Waals surface area contributed by atoms with E-state index in [2.05, 4.69) is 53.5 Å². The molecule has 1 saturated heterocycles. The van der Waals surface area contributed by atoms with Crippen LogP contribution in [-0.4, -0.2) is 44.6 Å². The lowest BCUT2D eigenvalue weighted by molar-refractivity contribution is -0.134. The van der Waals surface area contributed by atoms with E-state index >= 15 is 0 Å². The second-order valence-corrected chi connectivity index (χ2v) is 11.2. The fraction of sp³-hybridized carbons (Fsp3) is 0.286. The highest BCUT2D eigenvalue weighted by Gasteiger charge is 2.38. The Morgan fingerprint density at radius 3 is 2.07 bits per heavy atom. The lowest BCUT2D eigenvalue weighted by Crippen LogP contribution is -2.47. The van der Waals surface area contributed by atoms with E-state index in [0.29, 0.717) is 42.8 Å². The van der Waals surface area contributed by atoms with Crippen molar-refractivity contribution in [1.29, 1.82) is 0 Å². The number of amides is 1. The van der Waals surface area contributed by atoms with Crippen LogP contribution in [0.3, 0.4) is 0 Å². The molecule has 1 amide bonds. The molecule has 220 valence electrons. The molecule has 1 N–H and O–H groups in total. The van der Waals surface area contributed by atoms with Crippen molar-refractivity contribution in [3.63, 3.8) is 0 Å². The van der Waals surface area contributed by atoms with E-state index in [0.717, 1.165) is 24.1 Å². The molecule has 6 rings (SSSR count). The van der Waals surface area contributed by atoms with Gasteiger partial charge >= 0.3 is 5.69 Å². The normalized spacial score (nSPS) is 14.6. The quantitative estimate of drug-likeness (QED) is 0.279. The molecule has 0 radical (unpaired) electrons. The fourth-order valence-corrected chi connectivity index (χ4v) is 6.32. The monoisotopic (exact) mass is 576 g/mol.